The molecular formula is C22H29Cl2FN2O3. The van der Waals surface area contributed by atoms with Gasteiger partial charge in [0.15, 0.2) is 0 Å². The lowest BCUT2D eigenvalue weighted by Gasteiger charge is -2.36. The van der Waals surface area contributed by atoms with E-state index in [1.165, 1.54) is 19.2 Å². The molecular weight excluding hydrogens is 430 g/mol. The minimum absolute atomic E-state index is 0.0730. The lowest BCUT2D eigenvalue weighted by atomic mass is 9.72. The molecule has 0 radical (unpaired) electrons. The van der Waals surface area contributed by atoms with Gasteiger partial charge >= 0.3 is 6.09 Å². The molecule has 0 aliphatic heterocycles. The average molecular weight is 459 g/mol. The van der Waals surface area contributed by atoms with E-state index >= 15 is 0 Å². The first-order valence-corrected chi connectivity index (χ1v) is 11.3. The highest BCUT2D eigenvalue weighted by atomic mass is 35.5. The molecule has 0 saturated heterocycles. The summed E-state index contributed by atoms with van der Waals surface area (Å²) in [6.45, 7) is 2.44. The zero-order valence-electron chi connectivity index (χ0n) is 17.4. The lowest BCUT2D eigenvalue weighted by Crippen LogP contribution is -2.39. The Hall–Kier alpha value is -1.53. The number of hydrogen-bond acceptors (Lipinski definition) is 3. The summed E-state index contributed by atoms with van der Waals surface area (Å²) in [6.07, 6.45) is 5.54. The number of amides is 2. The number of ether oxygens (including phenoxy) is 1. The smallest absolute Gasteiger partial charge is 0.407 e. The van der Waals surface area contributed by atoms with Crippen molar-refractivity contribution in [3.8, 4) is 0 Å². The summed E-state index contributed by atoms with van der Waals surface area (Å²) in [4.78, 5) is 24.2. The fourth-order valence-electron chi connectivity index (χ4n) is 5.01. The van der Waals surface area contributed by atoms with Crippen LogP contribution in [0.15, 0.2) is 12.1 Å². The minimum Gasteiger partial charge on any atom is -0.453 e. The van der Waals surface area contributed by atoms with Gasteiger partial charge in [-0.2, -0.15) is 0 Å². The highest BCUT2D eigenvalue weighted by molar-refractivity contribution is 6.42. The number of hydrogen-bond donors (Lipinski definition) is 2. The van der Waals surface area contributed by atoms with E-state index in [2.05, 4.69) is 22.3 Å². The number of benzene rings is 1. The number of carbonyl (C=O) groups is 2. The van der Waals surface area contributed by atoms with Crippen LogP contribution in [0, 0.1) is 17.2 Å². The van der Waals surface area contributed by atoms with Crippen LogP contribution >= 0.6 is 23.2 Å². The zero-order chi connectivity index (χ0) is 21.9. The number of carbonyl (C=O) groups excluding carboxylic acids is 2. The minimum atomic E-state index is -0.485. The molecule has 8 heteroatoms. The van der Waals surface area contributed by atoms with Crippen molar-refractivity contribution >= 4 is 35.2 Å². The summed E-state index contributed by atoms with van der Waals surface area (Å²) in [5.74, 6) is -0.918. The Kier molecular flexibility index (Phi) is 7.51. The molecule has 0 spiro atoms. The fraction of sp³-hybridized carbons (Fsp3) is 0.636. The molecule has 2 aliphatic carbocycles. The van der Waals surface area contributed by atoms with Gasteiger partial charge in [0.05, 0.1) is 17.2 Å². The van der Waals surface area contributed by atoms with E-state index in [9.17, 15) is 14.0 Å². The second-order valence-corrected chi connectivity index (χ2v) is 9.54. The highest BCUT2D eigenvalue weighted by Gasteiger charge is 2.41. The molecule has 2 fully saturated rings. The van der Waals surface area contributed by atoms with Gasteiger partial charge in [0, 0.05) is 30.0 Å². The van der Waals surface area contributed by atoms with Crippen molar-refractivity contribution < 1.29 is 18.7 Å². The van der Waals surface area contributed by atoms with Crippen LogP contribution in [0.4, 0.5) is 9.18 Å². The van der Waals surface area contributed by atoms with Crippen LogP contribution in [0.5, 0.6) is 0 Å². The molecule has 5 nitrogen and oxygen atoms in total. The van der Waals surface area contributed by atoms with Gasteiger partial charge in [-0.15, -0.1) is 0 Å². The second kappa shape index (κ2) is 9.73. The zero-order valence-corrected chi connectivity index (χ0v) is 18.9. The van der Waals surface area contributed by atoms with Crippen LogP contribution in [0.3, 0.4) is 0 Å². The standard InChI is InChI=1S/C22H29Cl2FN2O3/c1-22(9-3-4-10-22)15(18-17(25)8-7-16(23)19(18)24)12-26-20(28)13-5-6-14(11-13)27-21(29)30-2/h7-8,13-15H,3-6,9-12H2,1-2H3,(H,26,28)(H,27,29)/t13-,14+,15+/m0/s1. The molecule has 3 rings (SSSR count). The van der Waals surface area contributed by atoms with Crippen molar-refractivity contribution in [1.29, 1.82) is 0 Å². The van der Waals surface area contributed by atoms with Gasteiger partial charge in [-0.1, -0.05) is 43.0 Å². The highest BCUT2D eigenvalue weighted by Crippen LogP contribution is 2.51. The molecule has 2 aliphatic rings. The number of alkyl carbamates (subject to hydrolysis) is 1. The molecule has 30 heavy (non-hydrogen) atoms. The quantitative estimate of drug-likeness (QED) is 0.557. The van der Waals surface area contributed by atoms with Crippen LogP contribution in [-0.4, -0.2) is 31.7 Å². The first kappa shape index (κ1) is 23.1. The van der Waals surface area contributed by atoms with Gasteiger partial charge in [-0.25, -0.2) is 9.18 Å². The Bertz CT molecular complexity index is 799. The maximum absolute atomic E-state index is 14.8. The van der Waals surface area contributed by atoms with E-state index in [0.29, 0.717) is 30.0 Å². The number of rotatable bonds is 6. The predicted octanol–water partition coefficient (Wildman–Crippen LogP) is 5.44. The first-order valence-electron chi connectivity index (χ1n) is 10.5. The van der Waals surface area contributed by atoms with E-state index in [1.54, 1.807) is 0 Å². The second-order valence-electron chi connectivity index (χ2n) is 8.76. The molecule has 2 saturated carbocycles. The lowest BCUT2D eigenvalue weighted by molar-refractivity contribution is -0.125. The molecule has 2 amide bonds. The Labute approximate surface area is 187 Å². The van der Waals surface area contributed by atoms with Crippen LogP contribution in [0.2, 0.25) is 10.0 Å². The van der Waals surface area contributed by atoms with Crippen LogP contribution in [0.25, 0.3) is 0 Å². The van der Waals surface area contributed by atoms with Gasteiger partial charge in [0.25, 0.3) is 0 Å². The largest absolute Gasteiger partial charge is 0.453 e. The van der Waals surface area contributed by atoms with E-state index < -0.39 is 6.09 Å². The van der Waals surface area contributed by atoms with E-state index in [1.807, 2.05) is 0 Å². The topological polar surface area (TPSA) is 67.4 Å². The third-order valence-corrected chi connectivity index (χ3v) is 7.63. The van der Waals surface area contributed by atoms with Crippen LogP contribution < -0.4 is 10.6 Å². The van der Waals surface area contributed by atoms with Crippen molar-refractivity contribution in [2.75, 3.05) is 13.7 Å². The molecule has 0 bridgehead atoms. The Morgan fingerprint density at radius 1 is 1.27 bits per heavy atom. The Balaban J connectivity index is 1.72. The van der Waals surface area contributed by atoms with E-state index in [0.717, 1.165) is 32.1 Å². The number of halogens is 3. The maximum atomic E-state index is 14.8. The normalized spacial score (nSPS) is 23.8. The maximum Gasteiger partial charge on any atom is 0.407 e. The first-order chi connectivity index (χ1) is 14.2. The van der Waals surface area contributed by atoms with Crippen molar-refractivity contribution in [2.45, 2.75) is 63.8 Å². The van der Waals surface area contributed by atoms with Gasteiger partial charge < -0.3 is 15.4 Å². The molecule has 1 aromatic rings. The molecule has 0 aromatic heterocycles. The molecule has 1 aromatic carbocycles. The van der Waals surface area contributed by atoms with Crippen LogP contribution in [-0.2, 0) is 9.53 Å². The average Bonchev–Trinajstić information content (AvgIpc) is 3.37. The summed E-state index contributed by atoms with van der Waals surface area (Å²) < 4.78 is 19.5. The number of nitrogens with one attached hydrogen (secondary N) is 2. The van der Waals surface area contributed by atoms with Gasteiger partial charge in [-0.3, -0.25) is 4.79 Å². The Morgan fingerprint density at radius 3 is 2.63 bits per heavy atom. The summed E-state index contributed by atoms with van der Waals surface area (Å²) >= 11 is 12.6. The van der Waals surface area contributed by atoms with Crippen LogP contribution in [0.1, 0.15) is 63.4 Å². The van der Waals surface area contributed by atoms with Gasteiger partial charge in [0.2, 0.25) is 5.91 Å². The number of methoxy groups -OCH3 is 1. The van der Waals surface area contributed by atoms with Gasteiger partial charge in [-0.05, 0) is 49.7 Å². The SMILES string of the molecule is COC(=O)N[C@@H]1CC[C@H](C(=O)NC[C@H](c2c(F)ccc(Cl)c2Cl)C2(C)CCCC2)C1. The molecule has 0 heterocycles. The Morgan fingerprint density at radius 2 is 1.97 bits per heavy atom. The predicted molar refractivity (Wildman–Crippen MR) is 115 cm³/mol. The van der Waals surface area contributed by atoms with Crippen molar-refractivity contribution in [3.63, 3.8) is 0 Å². The molecule has 0 unspecified atom stereocenters. The molecule has 3 atom stereocenters. The third-order valence-electron chi connectivity index (χ3n) is 6.81. The van der Waals surface area contributed by atoms with Crippen molar-refractivity contribution in [1.82, 2.24) is 10.6 Å². The van der Waals surface area contributed by atoms with Crippen molar-refractivity contribution in [3.05, 3.63) is 33.6 Å². The summed E-state index contributed by atoms with van der Waals surface area (Å²) in [5, 5.41) is 6.34. The van der Waals surface area contributed by atoms with E-state index in [-0.39, 0.29) is 40.0 Å². The summed E-state index contributed by atoms with van der Waals surface area (Å²) in [6, 6.07) is 2.73. The van der Waals surface area contributed by atoms with Crippen molar-refractivity contribution in [2.24, 2.45) is 11.3 Å². The summed E-state index contributed by atoms with van der Waals surface area (Å²) in [7, 11) is 1.32. The summed E-state index contributed by atoms with van der Waals surface area (Å²) in [5.41, 5.74) is 0.234. The van der Waals surface area contributed by atoms with E-state index in [4.69, 9.17) is 23.2 Å². The monoisotopic (exact) mass is 458 g/mol. The molecule has 166 valence electrons. The third kappa shape index (κ3) is 5.02. The van der Waals surface area contributed by atoms with Gasteiger partial charge in [0.1, 0.15) is 5.82 Å². The fourth-order valence-corrected chi connectivity index (χ4v) is 5.46. The molecule has 2 N–H and O–H groups in total.